The third-order valence-electron chi connectivity index (χ3n) is 2.67. The van der Waals surface area contributed by atoms with Gasteiger partial charge in [0, 0.05) is 25.1 Å². The topological polar surface area (TPSA) is 60.2 Å². The molecule has 0 unspecified atom stereocenters. The minimum atomic E-state index is 0.670. The van der Waals surface area contributed by atoms with Gasteiger partial charge in [-0.05, 0) is 19.9 Å². The van der Waals surface area contributed by atoms with Gasteiger partial charge in [0.05, 0.1) is 6.61 Å². The van der Waals surface area contributed by atoms with Crippen molar-refractivity contribution in [3.8, 4) is 5.75 Å². The van der Waals surface area contributed by atoms with Gasteiger partial charge in [-0.3, -0.25) is 0 Å². The van der Waals surface area contributed by atoms with Crippen LogP contribution in [0.2, 0.25) is 0 Å². The Morgan fingerprint density at radius 3 is 2.89 bits per heavy atom. The lowest BCUT2D eigenvalue weighted by atomic mass is 10.2. The van der Waals surface area contributed by atoms with Gasteiger partial charge in [0.1, 0.15) is 5.75 Å². The average molecular weight is 261 g/mol. The van der Waals surface area contributed by atoms with Gasteiger partial charge in [-0.25, -0.2) is 0 Å². The van der Waals surface area contributed by atoms with Gasteiger partial charge in [-0.15, -0.1) is 0 Å². The number of para-hydroxylation sites is 1. The second-order valence-corrected chi connectivity index (χ2v) is 4.20. The van der Waals surface area contributed by atoms with Gasteiger partial charge < -0.3 is 14.6 Å². The minimum absolute atomic E-state index is 0.670. The number of nitrogens with zero attached hydrogens (tertiary/aromatic N) is 2. The van der Waals surface area contributed by atoms with E-state index in [2.05, 4.69) is 21.5 Å². The van der Waals surface area contributed by atoms with Crippen LogP contribution in [0.4, 0.5) is 0 Å². The summed E-state index contributed by atoms with van der Waals surface area (Å²) in [5.74, 6) is 2.28. The van der Waals surface area contributed by atoms with Crippen LogP contribution in [0.25, 0.3) is 0 Å². The summed E-state index contributed by atoms with van der Waals surface area (Å²) in [5, 5.41) is 7.11. The molecule has 0 radical (unpaired) electrons. The molecule has 5 nitrogen and oxygen atoms in total. The first-order chi connectivity index (χ1) is 9.29. The smallest absolute Gasteiger partial charge is 0.227 e. The maximum absolute atomic E-state index is 5.57. The molecular weight excluding hydrogens is 242 g/mol. The van der Waals surface area contributed by atoms with Crippen LogP contribution in [0.3, 0.4) is 0 Å². The van der Waals surface area contributed by atoms with Crippen molar-refractivity contribution in [3.05, 3.63) is 41.5 Å². The van der Waals surface area contributed by atoms with Crippen molar-refractivity contribution in [3.63, 3.8) is 0 Å². The summed E-state index contributed by atoms with van der Waals surface area (Å²) in [5.41, 5.74) is 1.16. The molecule has 1 heterocycles. The minimum Gasteiger partial charge on any atom is -0.494 e. The molecule has 2 rings (SSSR count). The Hall–Kier alpha value is -1.88. The summed E-state index contributed by atoms with van der Waals surface area (Å²) in [6.45, 7) is 6.05. The highest BCUT2D eigenvalue weighted by atomic mass is 16.5. The molecule has 0 aliphatic heterocycles. The standard InChI is InChI=1S/C14H19N3O2/c1-3-18-13-7-5-4-6-12(13)10-15-9-8-14-16-11(2)17-19-14/h4-7,15H,3,8-10H2,1-2H3. The Labute approximate surface area is 113 Å². The monoisotopic (exact) mass is 261 g/mol. The van der Waals surface area contributed by atoms with E-state index in [-0.39, 0.29) is 0 Å². The fourth-order valence-corrected chi connectivity index (χ4v) is 1.81. The summed E-state index contributed by atoms with van der Waals surface area (Å²) < 4.78 is 10.6. The number of aromatic nitrogens is 2. The Morgan fingerprint density at radius 1 is 1.32 bits per heavy atom. The maximum atomic E-state index is 5.57. The van der Waals surface area contributed by atoms with Crippen molar-refractivity contribution < 1.29 is 9.26 Å². The van der Waals surface area contributed by atoms with E-state index >= 15 is 0 Å². The van der Waals surface area contributed by atoms with Crippen molar-refractivity contribution in [2.75, 3.05) is 13.2 Å². The van der Waals surface area contributed by atoms with E-state index < -0.39 is 0 Å². The molecule has 0 amide bonds. The zero-order chi connectivity index (χ0) is 13.5. The molecule has 1 N–H and O–H groups in total. The van der Waals surface area contributed by atoms with Crippen molar-refractivity contribution in [2.24, 2.45) is 0 Å². The summed E-state index contributed by atoms with van der Waals surface area (Å²) in [4.78, 5) is 4.16. The van der Waals surface area contributed by atoms with Crippen LogP contribution >= 0.6 is 0 Å². The molecule has 0 bridgehead atoms. The molecule has 0 saturated carbocycles. The van der Waals surface area contributed by atoms with Gasteiger partial charge in [0.2, 0.25) is 5.89 Å². The van der Waals surface area contributed by atoms with Gasteiger partial charge in [-0.2, -0.15) is 4.98 Å². The zero-order valence-corrected chi connectivity index (χ0v) is 11.3. The highest BCUT2D eigenvalue weighted by Crippen LogP contribution is 2.17. The van der Waals surface area contributed by atoms with Crippen molar-refractivity contribution in [1.82, 2.24) is 15.5 Å². The summed E-state index contributed by atoms with van der Waals surface area (Å²) >= 11 is 0. The SMILES string of the molecule is CCOc1ccccc1CNCCc1nc(C)no1. The highest BCUT2D eigenvalue weighted by Gasteiger charge is 2.04. The van der Waals surface area contributed by atoms with E-state index in [1.165, 1.54) is 0 Å². The molecule has 2 aromatic rings. The fraction of sp³-hybridized carbons (Fsp3) is 0.429. The Kier molecular flexibility index (Phi) is 4.92. The highest BCUT2D eigenvalue weighted by molar-refractivity contribution is 5.33. The number of hydrogen-bond acceptors (Lipinski definition) is 5. The number of rotatable bonds is 7. The fourth-order valence-electron chi connectivity index (χ4n) is 1.81. The molecule has 0 fully saturated rings. The lowest BCUT2D eigenvalue weighted by Crippen LogP contribution is -2.17. The normalized spacial score (nSPS) is 10.6. The Bertz CT molecular complexity index is 511. The van der Waals surface area contributed by atoms with Gasteiger partial charge in [0.25, 0.3) is 0 Å². The molecule has 0 aliphatic carbocycles. The molecular formula is C14H19N3O2. The van der Waals surface area contributed by atoms with E-state index in [0.717, 1.165) is 30.8 Å². The third-order valence-corrected chi connectivity index (χ3v) is 2.67. The van der Waals surface area contributed by atoms with Crippen LogP contribution in [0.1, 0.15) is 24.2 Å². The van der Waals surface area contributed by atoms with Crippen molar-refractivity contribution >= 4 is 0 Å². The van der Waals surface area contributed by atoms with Crippen LogP contribution in [0.5, 0.6) is 5.75 Å². The molecule has 1 aromatic carbocycles. The van der Waals surface area contributed by atoms with Gasteiger partial charge in [0.15, 0.2) is 5.82 Å². The molecule has 0 aliphatic rings. The molecule has 5 heteroatoms. The van der Waals surface area contributed by atoms with E-state index in [4.69, 9.17) is 9.26 Å². The van der Waals surface area contributed by atoms with E-state index in [1.54, 1.807) is 0 Å². The second kappa shape index (κ2) is 6.89. The summed E-state index contributed by atoms with van der Waals surface area (Å²) in [6.07, 6.45) is 0.734. The summed E-state index contributed by atoms with van der Waals surface area (Å²) in [7, 11) is 0. The number of hydrogen-bond donors (Lipinski definition) is 1. The van der Waals surface area contributed by atoms with E-state index in [1.807, 2.05) is 32.0 Å². The average Bonchev–Trinajstić information content (AvgIpc) is 2.83. The van der Waals surface area contributed by atoms with Gasteiger partial charge in [-0.1, -0.05) is 23.4 Å². The zero-order valence-electron chi connectivity index (χ0n) is 11.3. The van der Waals surface area contributed by atoms with Crippen LogP contribution in [0.15, 0.2) is 28.8 Å². The summed E-state index contributed by atoms with van der Waals surface area (Å²) in [6, 6.07) is 8.05. The van der Waals surface area contributed by atoms with E-state index in [9.17, 15) is 0 Å². The van der Waals surface area contributed by atoms with Gasteiger partial charge >= 0.3 is 0 Å². The predicted octanol–water partition coefficient (Wildman–Crippen LogP) is 2.11. The van der Waals surface area contributed by atoms with Crippen LogP contribution in [0, 0.1) is 6.92 Å². The maximum Gasteiger partial charge on any atom is 0.227 e. The first-order valence-corrected chi connectivity index (χ1v) is 6.50. The van der Waals surface area contributed by atoms with Crippen LogP contribution in [-0.2, 0) is 13.0 Å². The molecule has 19 heavy (non-hydrogen) atoms. The Morgan fingerprint density at radius 2 is 2.16 bits per heavy atom. The largest absolute Gasteiger partial charge is 0.494 e. The second-order valence-electron chi connectivity index (χ2n) is 4.20. The molecule has 102 valence electrons. The van der Waals surface area contributed by atoms with Crippen LogP contribution in [-0.4, -0.2) is 23.3 Å². The third kappa shape index (κ3) is 4.06. The number of nitrogens with one attached hydrogen (secondary N) is 1. The molecule has 1 aromatic heterocycles. The van der Waals surface area contributed by atoms with E-state index in [0.29, 0.717) is 18.3 Å². The van der Waals surface area contributed by atoms with Crippen molar-refractivity contribution in [1.29, 1.82) is 0 Å². The first kappa shape index (κ1) is 13.5. The lowest BCUT2D eigenvalue weighted by molar-refractivity contribution is 0.335. The molecule has 0 spiro atoms. The van der Waals surface area contributed by atoms with Crippen molar-refractivity contribution in [2.45, 2.75) is 26.8 Å². The molecule has 0 atom stereocenters. The molecule has 0 saturated heterocycles. The number of ether oxygens (including phenoxy) is 1. The predicted molar refractivity (Wildman–Crippen MR) is 72.1 cm³/mol. The first-order valence-electron chi connectivity index (χ1n) is 6.50. The number of benzene rings is 1. The Balaban J connectivity index is 1.79. The lowest BCUT2D eigenvalue weighted by Gasteiger charge is -2.10. The quantitative estimate of drug-likeness (QED) is 0.773. The number of aryl methyl sites for hydroxylation is 1. The van der Waals surface area contributed by atoms with Crippen LogP contribution < -0.4 is 10.1 Å².